The van der Waals surface area contributed by atoms with Gasteiger partial charge in [0.2, 0.25) is 0 Å². The Morgan fingerprint density at radius 1 is 1.19 bits per heavy atom. The molecule has 1 saturated heterocycles. The third-order valence-corrected chi connectivity index (χ3v) is 5.70. The molecule has 3 N–H and O–H groups in total. The molecule has 1 aliphatic rings. The zero-order chi connectivity index (χ0) is 21.2. The second kappa shape index (κ2) is 8.43. The quantitative estimate of drug-likeness (QED) is 0.514. The van der Waals surface area contributed by atoms with E-state index in [1.165, 1.54) is 0 Å². The van der Waals surface area contributed by atoms with Crippen LogP contribution in [0.5, 0.6) is 0 Å². The number of aromatic nitrogens is 6. The SMILES string of the molecule is N[C@@H]1CCCCN(c2cccc(-c3n[nH]c4cnc(-c5cnn(CCF)c5)cc34)n2)C1. The van der Waals surface area contributed by atoms with Gasteiger partial charge in [-0.2, -0.15) is 10.2 Å². The fraction of sp³-hybridized carbons (Fsp3) is 0.364. The summed E-state index contributed by atoms with van der Waals surface area (Å²) in [4.78, 5) is 11.7. The number of hydrogen-bond donors (Lipinski definition) is 2. The summed E-state index contributed by atoms with van der Waals surface area (Å²) in [7, 11) is 0. The van der Waals surface area contributed by atoms with Gasteiger partial charge in [-0.25, -0.2) is 9.37 Å². The van der Waals surface area contributed by atoms with Gasteiger partial charge < -0.3 is 10.6 Å². The van der Waals surface area contributed by atoms with Crippen molar-refractivity contribution in [3.8, 4) is 22.6 Å². The lowest BCUT2D eigenvalue weighted by molar-refractivity contribution is 0.427. The summed E-state index contributed by atoms with van der Waals surface area (Å²) in [5.41, 5.74) is 10.2. The maximum Gasteiger partial charge on any atom is 0.129 e. The lowest BCUT2D eigenvalue weighted by Crippen LogP contribution is -2.36. The summed E-state index contributed by atoms with van der Waals surface area (Å²) < 4.78 is 14.2. The minimum Gasteiger partial charge on any atom is -0.355 e. The fourth-order valence-corrected chi connectivity index (χ4v) is 4.09. The first-order chi connectivity index (χ1) is 15.2. The number of halogens is 1. The first-order valence-corrected chi connectivity index (χ1v) is 10.6. The first-order valence-electron chi connectivity index (χ1n) is 10.6. The third-order valence-electron chi connectivity index (χ3n) is 5.70. The van der Waals surface area contributed by atoms with Gasteiger partial charge >= 0.3 is 0 Å². The molecule has 160 valence electrons. The van der Waals surface area contributed by atoms with Crippen LogP contribution in [0.4, 0.5) is 10.2 Å². The van der Waals surface area contributed by atoms with Crippen molar-refractivity contribution < 1.29 is 4.39 Å². The molecule has 4 aromatic rings. The average molecular weight is 420 g/mol. The molecule has 0 aliphatic carbocycles. The summed E-state index contributed by atoms with van der Waals surface area (Å²) in [6.45, 7) is 1.55. The van der Waals surface area contributed by atoms with Gasteiger partial charge in [0.05, 0.1) is 35.8 Å². The number of aryl methyl sites for hydroxylation is 1. The monoisotopic (exact) mass is 420 g/mol. The molecule has 4 aromatic heterocycles. The van der Waals surface area contributed by atoms with Gasteiger partial charge in [-0.05, 0) is 31.0 Å². The van der Waals surface area contributed by atoms with Gasteiger partial charge in [0.25, 0.3) is 0 Å². The van der Waals surface area contributed by atoms with Gasteiger partial charge in [0, 0.05) is 36.3 Å². The standard InChI is InChI=1S/C22H25FN8/c23-7-9-31-13-15(11-26-31)19-10-17-20(12-25-19)28-29-22(17)18-5-3-6-21(27-18)30-8-2-1-4-16(24)14-30/h3,5-6,10-13,16H,1-2,4,7-9,14,24H2,(H,28,29)/t16-/m1/s1. The van der Waals surface area contributed by atoms with Crippen molar-refractivity contribution in [2.75, 3.05) is 24.7 Å². The zero-order valence-corrected chi connectivity index (χ0v) is 17.2. The molecule has 31 heavy (non-hydrogen) atoms. The number of aromatic amines is 1. The minimum absolute atomic E-state index is 0.172. The number of nitrogens with two attached hydrogens (primary N) is 1. The fourth-order valence-electron chi connectivity index (χ4n) is 4.09. The molecule has 0 radical (unpaired) electrons. The lowest BCUT2D eigenvalue weighted by atomic mass is 10.1. The van der Waals surface area contributed by atoms with Crippen molar-refractivity contribution >= 4 is 16.7 Å². The van der Waals surface area contributed by atoms with Crippen LogP contribution in [0.2, 0.25) is 0 Å². The second-order valence-electron chi connectivity index (χ2n) is 7.95. The van der Waals surface area contributed by atoms with Crippen molar-refractivity contribution in [3.05, 3.63) is 42.9 Å². The van der Waals surface area contributed by atoms with Crippen molar-refractivity contribution in [3.63, 3.8) is 0 Å². The van der Waals surface area contributed by atoms with Crippen LogP contribution in [0, 0.1) is 0 Å². The molecule has 0 bridgehead atoms. The number of H-pyrrole nitrogens is 1. The lowest BCUT2D eigenvalue weighted by Gasteiger charge is -2.24. The number of nitrogens with zero attached hydrogens (tertiary/aromatic N) is 6. The van der Waals surface area contributed by atoms with E-state index in [0.717, 1.165) is 71.7 Å². The maximum atomic E-state index is 12.6. The number of alkyl halides is 1. The Kier molecular flexibility index (Phi) is 5.33. The van der Waals surface area contributed by atoms with Gasteiger partial charge in [-0.3, -0.25) is 14.8 Å². The smallest absolute Gasteiger partial charge is 0.129 e. The van der Waals surface area contributed by atoms with Gasteiger partial charge in [0.1, 0.15) is 18.2 Å². The Labute approximate surface area is 179 Å². The Hall–Kier alpha value is -3.33. The topological polar surface area (TPSA) is 102 Å². The predicted molar refractivity (Wildman–Crippen MR) is 118 cm³/mol. The van der Waals surface area contributed by atoms with Crippen LogP contribution in [0.25, 0.3) is 33.5 Å². The molecule has 0 saturated carbocycles. The minimum atomic E-state index is -0.455. The average Bonchev–Trinajstić information content (AvgIpc) is 3.37. The summed E-state index contributed by atoms with van der Waals surface area (Å²) in [6, 6.07) is 8.16. The molecule has 8 nitrogen and oxygen atoms in total. The van der Waals surface area contributed by atoms with E-state index in [9.17, 15) is 4.39 Å². The van der Waals surface area contributed by atoms with E-state index < -0.39 is 6.67 Å². The Morgan fingerprint density at radius 2 is 2.13 bits per heavy atom. The highest BCUT2D eigenvalue weighted by molar-refractivity contribution is 5.93. The highest BCUT2D eigenvalue weighted by atomic mass is 19.1. The normalized spacial score (nSPS) is 17.2. The zero-order valence-electron chi connectivity index (χ0n) is 17.2. The summed E-state index contributed by atoms with van der Waals surface area (Å²) in [5, 5.41) is 12.7. The molecule has 5 heterocycles. The molecular formula is C22H25FN8. The molecule has 0 unspecified atom stereocenters. The Bertz CT molecular complexity index is 1180. The van der Waals surface area contributed by atoms with E-state index in [4.69, 9.17) is 10.7 Å². The van der Waals surface area contributed by atoms with E-state index in [2.05, 4.69) is 25.2 Å². The van der Waals surface area contributed by atoms with Crippen molar-refractivity contribution in [2.24, 2.45) is 5.73 Å². The first kappa shape index (κ1) is 19.6. The van der Waals surface area contributed by atoms with Crippen LogP contribution in [0.15, 0.2) is 42.9 Å². The highest BCUT2D eigenvalue weighted by Crippen LogP contribution is 2.29. The molecule has 0 amide bonds. The predicted octanol–water partition coefficient (Wildman–Crippen LogP) is 3.17. The van der Waals surface area contributed by atoms with Crippen LogP contribution in [-0.2, 0) is 6.54 Å². The van der Waals surface area contributed by atoms with Crippen LogP contribution < -0.4 is 10.6 Å². The maximum absolute atomic E-state index is 12.6. The molecular weight excluding hydrogens is 395 g/mol. The molecule has 1 fully saturated rings. The Morgan fingerprint density at radius 3 is 3.03 bits per heavy atom. The van der Waals surface area contributed by atoms with Crippen molar-refractivity contribution in [1.82, 2.24) is 29.9 Å². The second-order valence-corrected chi connectivity index (χ2v) is 7.95. The van der Waals surface area contributed by atoms with Crippen LogP contribution in [0.1, 0.15) is 19.3 Å². The summed E-state index contributed by atoms with van der Waals surface area (Å²) in [6.07, 6.45) is 8.58. The Balaban J connectivity index is 1.50. The molecule has 1 atom stereocenters. The molecule has 5 rings (SSSR count). The number of hydrogen-bond acceptors (Lipinski definition) is 6. The van der Waals surface area contributed by atoms with E-state index in [-0.39, 0.29) is 12.6 Å². The number of anilines is 1. The highest BCUT2D eigenvalue weighted by Gasteiger charge is 2.18. The van der Waals surface area contributed by atoms with E-state index >= 15 is 0 Å². The van der Waals surface area contributed by atoms with E-state index in [0.29, 0.717) is 0 Å². The molecule has 0 aromatic carbocycles. The van der Waals surface area contributed by atoms with E-state index in [1.54, 1.807) is 23.3 Å². The largest absolute Gasteiger partial charge is 0.355 e. The van der Waals surface area contributed by atoms with Gasteiger partial charge in [-0.15, -0.1) is 0 Å². The number of fused-ring (bicyclic) bond motifs is 1. The van der Waals surface area contributed by atoms with Crippen LogP contribution in [-0.4, -0.2) is 55.8 Å². The van der Waals surface area contributed by atoms with Crippen LogP contribution in [0.3, 0.4) is 0 Å². The molecule has 0 spiro atoms. The van der Waals surface area contributed by atoms with Gasteiger partial charge in [-0.1, -0.05) is 12.5 Å². The number of rotatable bonds is 5. The van der Waals surface area contributed by atoms with Gasteiger partial charge in [0.15, 0.2) is 0 Å². The summed E-state index contributed by atoms with van der Waals surface area (Å²) in [5.74, 6) is 0.924. The van der Waals surface area contributed by atoms with Crippen LogP contribution >= 0.6 is 0 Å². The van der Waals surface area contributed by atoms with Crippen molar-refractivity contribution in [1.29, 1.82) is 0 Å². The molecule has 1 aliphatic heterocycles. The molecule has 9 heteroatoms. The van der Waals surface area contributed by atoms with E-state index in [1.807, 2.05) is 24.3 Å². The van der Waals surface area contributed by atoms with Crippen molar-refractivity contribution in [2.45, 2.75) is 31.8 Å². The number of pyridine rings is 2. The third kappa shape index (κ3) is 4.00. The number of nitrogens with one attached hydrogen (secondary N) is 1. The summed E-state index contributed by atoms with van der Waals surface area (Å²) >= 11 is 0.